The van der Waals surface area contributed by atoms with E-state index in [2.05, 4.69) is 9.97 Å². The van der Waals surface area contributed by atoms with E-state index in [9.17, 15) is 15.0 Å². The van der Waals surface area contributed by atoms with Crippen molar-refractivity contribution in [3.63, 3.8) is 0 Å². The van der Waals surface area contributed by atoms with Gasteiger partial charge in [-0.3, -0.25) is 0 Å². The lowest BCUT2D eigenvalue weighted by Gasteiger charge is -1.98. The molecule has 2 aromatic carbocycles. The van der Waals surface area contributed by atoms with Gasteiger partial charge in [0, 0.05) is 5.69 Å². The number of hydrogen-bond donors (Lipinski definition) is 3. The zero-order valence-corrected chi connectivity index (χ0v) is 13.3. The molecule has 0 radical (unpaired) electrons. The summed E-state index contributed by atoms with van der Waals surface area (Å²) >= 11 is 0. The fourth-order valence-corrected chi connectivity index (χ4v) is 2.21. The first-order chi connectivity index (χ1) is 12.1. The molecule has 0 aliphatic rings. The van der Waals surface area contributed by atoms with Gasteiger partial charge in [-0.1, -0.05) is 36.4 Å². The number of rotatable bonds is 4. The highest BCUT2D eigenvalue weighted by Crippen LogP contribution is 2.14. The van der Waals surface area contributed by atoms with Crippen LogP contribution in [-0.2, 0) is 0 Å². The van der Waals surface area contributed by atoms with E-state index >= 15 is 0 Å². The predicted molar refractivity (Wildman–Crippen MR) is 98.9 cm³/mol. The van der Waals surface area contributed by atoms with E-state index in [1.54, 1.807) is 66.7 Å². The second-order valence-corrected chi connectivity index (χ2v) is 5.42. The molecule has 3 N–H and O–H groups in total. The summed E-state index contributed by atoms with van der Waals surface area (Å²) in [4.78, 5) is 18.3. The Kier molecular flexibility index (Phi) is 4.76. The number of hydrogen-bond acceptors (Lipinski definition) is 4. The van der Waals surface area contributed by atoms with Gasteiger partial charge in [-0.2, -0.15) is 4.98 Å². The lowest BCUT2D eigenvalue weighted by Crippen LogP contribution is -2.12. The van der Waals surface area contributed by atoms with E-state index in [1.807, 2.05) is 12.2 Å². The predicted octanol–water partition coefficient (Wildman–Crippen LogP) is 3.52. The number of nitrogens with one attached hydrogen (secondary N) is 1. The zero-order valence-electron chi connectivity index (χ0n) is 13.3. The van der Waals surface area contributed by atoms with Crippen LogP contribution in [0.25, 0.3) is 24.3 Å². The second-order valence-electron chi connectivity index (χ2n) is 5.42. The van der Waals surface area contributed by atoms with E-state index in [4.69, 9.17) is 0 Å². The van der Waals surface area contributed by atoms with E-state index in [0.29, 0.717) is 11.4 Å². The number of aromatic nitrogens is 2. The van der Waals surface area contributed by atoms with Crippen LogP contribution in [0, 0.1) is 0 Å². The van der Waals surface area contributed by atoms with E-state index in [0.717, 1.165) is 11.1 Å². The van der Waals surface area contributed by atoms with Gasteiger partial charge in [0.15, 0.2) is 0 Å². The van der Waals surface area contributed by atoms with Crippen LogP contribution in [0.3, 0.4) is 0 Å². The monoisotopic (exact) mass is 332 g/mol. The average Bonchev–Trinajstić information content (AvgIpc) is 2.60. The number of aromatic hydroxyl groups is 2. The van der Waals surface area contributed by atoms with Gasteiger partial charge >= 0.3 is 5.69 Å². The SMILES string of the molecule is O=c1nc(C=Cc2ccc(O)cc2)cc(C=Cc2ccc(O)cc2)[nH]1. The molecule has 3 aromatic rings. The minimum absolute atomic E-state index is 0.202. The van der Waals surface area contributed by atoms with Gasteiger partial charge in [-0.15, -0.1) is 0 Å². The van der Waals surface area contributed by atoms with Crippen LogP contribution < -0.4 is 5.69 Å². The fraction of sp³-hybridized carbons (Fsp3) is 0. The number of phenols is 2. The van der Waals surface area contributed by atoms with Crippen molar-refractivity contribution in [2.24, 2.45) is 0 Å². The minimum Gasteiger partial charge on any atom is -0.508 e. The van der Waals surface area contributed by atoms with Crippen molar-refractivity contribution < 1.29 is 10.2 Å². The summed E-state index contributed by atoms with van der Waals surface area (Å²) in [5, 5.41) is 18.6. The van der Waals surface area contributed by atoms with Gasteiger partial charge in [0.2, 0.25) is 0 Å². The summed E-state index contributed by atoms with van der Waals surface area (Å²) in [7, 11) is 0. The van der Waals surface area contributed by atoms with E-state index < -0.39 is 5.69 Å². The third kappa shape index (κ3) is 4.68. The molecule has 5 nitrogen and oxygen atoms in total. The second kappa shape index (κ2) is 7.31. The fourth-order valence-electron chi connectivity index (χ4n) is 2.21. The molecule has 3 rings (SSSR count). The summed E-state index contributed by atoms with van der Waals surface area (Å²) in [6.07, 6.45) is 7.15. The Hall–Kier alpha value is -3.60. The molecule has 0 bridgehead atoms. The molecule has 0 aliphatic heterocycles. The molecule has 1 heterocycles. The third-order valence-corrected chi connectivity index (χ3v) is 3.47. The highest BCUT2D eigenvalue weighted by molar-refractivity contribution is 5.71. The lowest BCUT2D eigenvalue weighted by atomic mass is 10.1. The lowest BCUT2D eigenvalue weighted by molar-refractivity contribution is 0.474. The topological polar surface area (TPSA) is 86.2 Å². The molecule has 0 fully saturated rings. The first-order valence-electron chi connectivity index (χ1n) is 7.64. The molecule has 1 aromatic heterocycles. The maximum absolute atomic E-state index is 11.7. The quantitative estimate of drug-likeness (QED) is 0.682. The van der Waals surface area contributed by atoms with Crippen LogP contribution in [0.4, 0.5) is 0 Å². The first-order valence-corrected chi connectivity index (χ1v) is 7.64. The van der Waals surface area contributed by atoms with Crippen molar-refractivity contribution in [2.45, 2.75) is 0 Å². The normalized spacial score (nSPS) is 11.4. The van der Waals surface area contributed by atoms with Gasteiger partial charge in [-0.25, -0.2) is 4.79 Å². The maximum atomic E-state index is 11.7. The summed E-state index contributed by atoms with van der Waals surface area (Å²) < 4.78 is 0. The van der Waals surface area contributed by atoms with E-state index in [1.165, 1.54) is 0 Å². The van der Waals surface area contributed by atoms with Crippen LogP contribution >= 0.6 is 0 Å². The number of benzene rings is 2. The van der Waals surface area contributed by atoms with Gasteiger partial charge in [0.1, 0.15) is 11.5 Å². The molecule has 0 atom stereocenters. The van der Waals surface area contributed by atoms with Gasteiger partial charge in [0.05, 0.1) is 5.69 Å². The molecular weight excluding hydrogens is 316 g/mol. The Morgan fingerprint density at radius 3 is 1.84 bits per heavy atom. The molecule has 5 heteroatoms. The van der Waals surface area contributed by atoms with Crippen LogP contribution in [0.1, 0.15) is 22.5 Å². The molecule has 0 amide bonds. The Bertz CT molecular complexity index is 892. The Morgan fingerprint density at radius 1 is 0.760 bits per heavy atom. The largest absolute Gasteiger partial charge is 0.508 e. The molecule has 0 aliphatic carbocycles. The molecule has 0 unspecified atom stereocenters. The van der Waals surface area contributed by atoms with Gasteiger partial charge in [0.25, 0.3) is 0 Å². The first kappa shape index (κ1) is 16.3. The molecule has 124 valence electrons. The number of phenolic OH excluding ortho intramolecular Hbond substituents is 2. The molecule has 0 spiro atoms. The van der Waals surface area contributed by atoms with Crippen LogP contribution in [0.2, 0.25) is 0 Å². The van der Waals surface area contributed by atoms with Crippen molar-refractivity contribution >= 4 is 24.3 Å². The standard InChI is InChI=1S/C20H16N2O3/c23-18-9-3-14(4-10-18)1-7-16-13-17(22-20(25)21-16)8-2-15-5-11-19(24)12-6-15/h1-13,23-24H,(H,21,22,25). The van der Waals surface area contributed by atoms with Crippen LogP contribution in [-0.4, -0.2) is 20.2 Å². The van der Waals surface area contributed by atoms with Crippen LogP contribution in [0.5, 0.6) is 11.5 Å². The Labute approximate surface area is 144 Å². The van der Waals surface area contributed by atoms with Crippen molar-refractivity contribution in [1.82, 2.24) is 9.97 Å². The average molecular weight is 332 g/mol. The number of aromatic amines is 1. The van der Waals surface area contributed by atoms with Crippen molar-refractivity contribution in [1.29, 1.82) is 0 Å². The molecule has 25 heavy (non-hydrogen) atoms. The smallest absolute Gasteiger partial charge is 0.345 e. The van der Waals surface area contributed by atoms with Gasteiger partial charge < -0.3 is 15.2 Å². The summed E-state index contributed by atoms with van der Waals surface area (Å²) in [6.45, 7) is 0. The van der Waals surface area contributed by atoms with Crippen LogP contribution in [0.15, 0.2) is 59.4 Å². The molecule has 0 saturated heterocycles. The molecule has 0 saturated carbocycles. The molecular formula is C20H16N2O3. The Morgan fingerprint density at radius 2 is 1.28 bits per heavy atom. The summed E-state index contributed by atoms with van der Waals surface area (Å²) in [6, 6.07) is 15.2. The van der Waals surface area contributed by atoms with Gasteiger partial charge in [-0.05, 0) is 53.6 Å². The van der Waals surface area contributed by atoms with Crippen molar-refractivity contribution in [2.75, 3.05) is 0 Å². The Balaban J connectivity index is 1.81. The number of nitrogens with zero attached hydrogens (tertiary/aromatic N) is 1. The highest BCUT2D eigenvalue weighted by Gasteiger charge is 1.97. The number of H-pyrrole nitrogens is 1. The maximum Gasteiger partial charge on any atom is 0.345 e. The summed E-state index contributed by atoms with van der Waals surface area (Å²) in [5.74, 6) is 0.407. The zero-order chi connectivity index (χ0) is 17.6. The minimum atomic E-state index is -0.432. The van der Waals surface area contributed by atoms with E-state index in [-0.39, 0.29) is 11.5 Å². The van der Waals surface area contributed by atoms with Crippen molar-refractivity contribution in [3.8, 4) is 11.5 Å². The van der Waals surface area contributed by atoms with Crippen molar-refractivity contribution in [3.05, 3.63) is 87.6 Å². The third-order valence-electron chi connectivity index (χ3n) is 3.47. The summed E-state index contributed by atoms with van der Waals surface area (Å²) in [5.41, 5.74) is 2.51. The highest BCUT2D eigenvalue weighted by atomic mass is 16.3.